The van der Waals surface area contributed by atoms with E-state index < -0.39 is 0 Å². The molecule has 0 bridgehead atoms. The van der Waals surface area contributed by atoms with Crippen LogP contribution in [-0.4, -0.2) is 16.9 Å². The molecule has 0 spiro atoms. The molecular formula is C20H19BrN2O2. The second kappa shape index (κ2) is 7.66. The summed E-state index contributed by atoms with van der Waals surface area (Å²) in [4.78, 5) is 16.9. The summed E-state index contributed by atoms with van der Waals surface area (Å²) in [6, 6.07) is 15.3. The largest absolute Gasteiger partial charge is 0.436 e. The number of halogens is 1. The van der Waals surface area contributed by atoms with Crippen molar-refractivity contribution in [3.8, 4) is 22.8 Å². The van der Waals surface area contributed by atoms with E-state index in [-0.39, 0.29) is 11.9 Å². The minimum Gasteiger partial charge on any atom is -0.436 e. The van der Waals surface area contributed by atoms with Crippen LogP contribution in [0.15, 0.2) is 63.6 Å². The van der Waals surface area contributed by atoms with Gasteiger partial charge in [0.05, 0.1) is 11.8 Å². The van der Waals surface area contributed by atoms with Crippen LogP contribution in [0, 0.1) is 0 Å². The lowest BCUT2D eigenvalue weighted by Crippen LogP contribution is -2.32. The normalized spacial score (nSPS) is 12.0. The Labute approximate surface area is 155 Å². The van der Waals surface area contributed by atoms with E-state index in [1.54, 1.807) is 12.3 Å². The molecule has 1 atom stereocenters. The van der Waals surface area contributed by atoms with E-state index in [0.717, 1.165) is 16.5 Å². The SMILES string of the molecule is CC[C@H](C)NC(=O)c1ccccc1-c1ncc(-c2cccc(Br)c2)o1. The summed E-state index contributed by atoms with van der Waals surface area (Å²) >= 11 is 3.46. The molecule has 1 aromatic heterocycles. The Hall–Kier alpha value is -2.40. The molecule has 0 unspecified atom stereocenters. The fraction of sp³-hybridized carbons (Fsp3) is 0.200. The summed E-state index contributed by atoms with van der Waals surface area (Å²) in [6.45, 7) is 4.02. The molecule has 4 nitrogen and oxygen atoms in total. The van der Waals surface area contributed by atoms with Gasteiger partial charge in [0.1, 0.15) is 0 Å². The van der Waals surface area contributed by atoms with Gasteiger partial charge in [-0.3, -0.25) is 4.79 Å². The summed E-state index contributed by atoms with van der Waals surface area (Å²) in [5.74, 6) is 0.977. The molecule has 1 amide bonds. The van der Waals surface area contributed by atoms with Crippen molar-refractivity contribution in [2.45, 2.75) is 26.3 Å². The Morgan fingerprint density at radius 3 is 2.80 bits per heavy atom. The van der Waals surface area contributed by atoms with Crippen molar-refractivity contribution in [1.29, 1.82) is 0 Å². The number of aromatic nitrogens is 1. The molecule has 0 aliphatic rings. The maximum atomic E-state index is 12.5. The number of benzene rings is 2. The molecule has 3 rings (SSSR count). The third-order valence-corrected chi connectivity index (χ3v) is 4.50. The number of rotatable bonds is 5. The number of carbonyl (C=O) groups is 1. The second-order valence-corrected chi connectivity index (χ2v) is 6.78. The van der Waals surface area contributed by atoms with Crippen molar-refractivity contribution >= 4 is 21.8 Å². The minimum atomic E-state index is -0.118. The maximum absolute atomic E-state index is 12.5. The first-order valence-corrected chi connectivity index (χ1v) is 8.99. The van der Waals surface area contributed by atoms with Crippen LogP contribution in [0.25, 0.3) is 22.8 Å². The summed E-state index contributed by atoms with van der Waals surface area (Å²) in [7, 11) is 0. The highest BCUT2D eigenvalue weighted by atomic mass is 79.9. The second-order valence-electron chi connectivity index (χ2n) is 5.87. The quantitative estimate of drug-likeness (QED) is 0.634. The Morgan fingerprint density at radius 2 is 2.04 bits per heavy atom. The molecular weight excluding hydrogens is 380 g/mol. The first-order chi connectivity index (χ1) is 12.1. The van der Waals surface area contributed by atoms with Gasteiger partial charge < -0.3 is 9.73 Å². The molecule has 2 aromatic carbocycles. The molecule has 5 heteroatoms. The van der Waals surface area contributed by atoms with Crippen molar-refractivity contribution in [1.82, 2.24) is 10.3 Å². The first-order valence-electron chi connectivity index (χ1n) is 8.20. The summed E-state index contributed by atoms with van der Waals surface area (Å²) in [5.41, 5.74) is 2.17. The highest BCUT2D eigenvalue weighted by Gasteiger charge is 2.17. The average molecular weight is 399 g/mol. The standard InChI is InChI=1S/C20H19BrN2O2/c1-3-13(2)23-19(24)16-9-4-5-10-17(16)20-22-12-18(25-20)14-7-6-8-15(21)11-14/h4-13H,3H2,1-2H3,(H,23,24)/t13-/m0/s1. The topological polar surface area (TPSA) is 55.1 Å². The van der Waals surface area contributed by atoms with Crippen LogP contribution in [0.2, 0.25) is 0 Å². The van der Waals surface area contributed by atoms with Gasteiger partial charge in [-0.15, -0.1) is 0 Å². The van der Waals surface area contributed by atoms with Gasteiger partial charge in [-0.2, -0.15) is 0 Å². The molecule has 25 heavy (non-hydrogen) atoms. The maximum Gasteiger partial charge on any atom is 0.252 e. The van der Waals surface area contributed by atoms with Crippen LogP contribution in [0.3, 0.4) is 0 Å². The van der Waals surface area contributed by atoms with Crippen molar-refractivity contribution < 1.29 is 9.21 Å². The molecule has 0 fully saturated rings. The third-order valence-electron chi connectivity index (χ3n) is 4.01. The van der Waals surface area contributed by atoms with Crippen LogP contribution in [0.1, 0.15) is 30.6 Å². The number of nitrogens with one attached hydrogen (secondary N) is 1. The molecule has 0 aliphatic heterocycles. The minimum absolute atomic E-state index is 0.113. The predicted molar refractivity (Wildman–Crippen MR) is 102 cm³/mol. The zero-order chi connectivity index (χ0) is 17.8. The molecule has 0 saturated carbocycles. The molecule has 0 saturated heterocycles. The summed E-state index contributed by atoms with van der Waals surface area (Å²) in [6.07, 6.45) is 2.56. The lowest BCUT2D eigenvalue weighted by atomic mass is 10.1. The monoisotopic (exact) mass is 398 g/mol. The van der Waals surface area contributed by atoms with Gasteiger partial charge >= 0.3 is 0 Å². The molecule has 3 aromatic rings. The van der Waals surface area contributed by atoms with Gasteiger partial charge in [0, 0.05) is 21.6 Å². The molecule has 0 aliphatic carbocycles. The van der Waals surface area contributed by atoms with Crippen molar-refractivity contribution in [2.75, 3.05) is 0 Å². The van der Waals surface area contributed by atoms with E-state index in [0.29, 0.717) is 22.8 Å². The molecule has 1 heterocycles. The van der Waals surface area contributed by atoms with Crippen molar-refractivity contribution in [3.05, 3.63) is 64.8 Å². The van der Waals surface area contributed by atoms with Gasteiger partial charge in [-0.1, -0.05) is 47.1 Å². The Bertz CT molecular complexity index is 889. The Balaban J connectivity index is 1.94. The average Bonchev–Trinajstić information content (AvgIpc) is 3.11. The van der Waals surface area contributed by atoms with Crippen molar-refractivity contribution in [3.63, 3.8) is 0 Å². The number of oxazole rings is 1. The summed E-state index contributed by atoms with van der Waals surface area (Å²) < 4.78 is 6.89. The molecule has 0 radical (unpaired) electrons. The number of carbonyl (C=O) groups excluding carboxylic acids is 1. The van der Waals surface area contributed by atoms with Crippen LogP contribution in [-0.2, 0) is 0 Å². The van der Waals surface area contributed by atoms with Crippen LogP contribution >= 0.6 is 15.9 Å². The van der Waals surface area contributed by atoms with Crippen molar-refractivity contribution in [2.24, 2.45) is 0 Å². The van der Waals surface area contributed by atoms with Gasteiger partial charge in [0.15, 0.2) is 5.76 Å². The van der Waals surface area contributed by atoms with Crippen LogP contribution in [0.4, 0.5) is 0 Å². The van der Waals surface area contributed by atoms with E-state index in [1.807, 2.05) is 56.3 Å². The van der Waals surface area contributed by atoms with Gasteiger partial charge in [-0.05, 0) is 37.6 Å². The highest BCUT2D eigenvalue weighted by molar-refractivity contribution is 9.10. The van der Waals surface area contributed by atoms with Crippen LogP contribution in [0.5, 0.6) is 0 Å². The zero-order valence-corrected chi connectivity index (χ0v) is 15.7. The predicted octanol–water partition coefficient (Wildman–Crippen LogP) is 5.30. The fourth-order valence-corrected chi connectivity index (χ4v) is 2.84. The number of hydrogen-bond donors (Lipinski definition) is 1. The van der Waals surface area contributed by atoms with Crippen LogP contribution < -0.4 is 5.32 Å². The van der Waals surface area contributed by atoms with E-state index in [1.165, 1.54) is 0 Å². The highest BCUT2D eigenvalue weighted by Crippen LogP contribution is 2.29. The number of amides is 1. The lowest BCUT2D eigenvalue weighted by molar-refractivity contribution is 0.0939. The molecule has 1 N–H and O–H groups in total. The van der Waals surface area contributed by atoms with E-state index >= 15 is 0 Å². The van der Waals surface area contributed by atoms with E-state index in [9.17, 15) is 4.79 Å². The fourth-order valence-electron chi connectivity index (χ4n) is 2.45. The Morgan fingerprint density at radius 1 is 1.24 bits per heavy atom. The summed E-state index contributed by atoms with van der Waals surface area (Å²) in [5, 5.41) is 2.99. The number of hydrogen-bond acceptors (Lipinski definition) is 3. The third kappa shape index (κ3) is 3.99. The zero-order valence-electron chi connectivity index (χ0n) is 14.1. The lowest BCUT2D eigenvalue weighted by Gasteiger charge is -2.12. The first kappa shape index (κ1) is 17.4. The van der Waals surface area contributed by atoms with Gasteiger partial charge in [0.2, 0.25) is 5.89 Å². The van der Waals surface area contributed by atoms with E-state index in [2.05, 4.69) is 26.2 Å². The Kier molecular flexibility index (Phi) is 5.34. The molecule has 128 valence electrons. The van der Waals surface area contributed by atoms with Gasteiger partial charge in [-0.25, -0.2) is 4.98 Å². The van der Waals surface area contributed by atoms with Gasteiger partial charge in [0.25, 0.3) is 5.91 Å². The smallest absolute Gasteiger partial charge is 0.252 e. The van der Waals surface area contributed by atoms with E-state index in [4.69, 9.17) is 4.42 Å². The number of nitrogens with zero attached hydrogens (tertiary/aromatic N) is 1.